The quantitative estimate of drug-likeness (QED) is 0.672. The molecule has 0 aliphatic rings. The van der Waals surface area contributed by atoms with E-state index in [0.29, 0.717) is 14.8 Å². The lowest BCUT2D eigenvalue weighted by molar-refractivity contribution is 0.144. The summed E-state index contributed by atoms with van der Waals surface area (Å²) in [4.78, 5) is 3.71. The predicted octanol–water partition coefficient (Wildman–Crippen LogP) is 2.42. The highest BCUT2D eigenvalue weighted by Crippen LogP contribution is 2.24. The summed E-state index contributed by atoms with van der Waals surface area (Å²) < 4.78 is 25.2. The van der Waals surface area contributed by atoms with Gasteiger partial charge >= 0.3 is 0 Å². The number of aliphatic hydroxyl groups is 1. The van der Waals surface area contributed by atoms with Crippen LogP contribution in [0.2, 0.25) is 0 Å². The lowest BCUT2D eigenvalue weighted by Crippen LogP contribution is -2.01. The molecule has 1 N–H and O–H groups in total. The maximum absolute atomic E-state index is 12.4. The first kappa shape index (κ1) is 10.8. The Bertz CT molecular complexity index is 317. The number of aliphatic hydroxyl groups excluding tert-OH is 1. The van der Waals surface area contributed by atoms with Crippen LogP contribution in [0, 0.1) is 10.6 Å². The summed E-state index contributed by atoms with van der Waals surface area (Å²) in [5.74, 6) is 0. The minimum absolute atomic E-state index is 0.232. The van der Waals surface area contributed by atoms with Crippen LogP contribution in [-0.2, 0) is 6.61 Å². The van der Waals surface area contributed by atoms with Gasteiger partial charge in [0.1, 0.15) is 9.39 Å². The zero-order valence-electron chi connectivity index (χ0n) is 6.89. The highest BCUT2D eigenvalue weighted by atomic mass is 127. The van der Waals surface area contributed by atoms with Crippen LogP contribution in [-0.4, -0.2) is 10.1 Å². The van der Waals surface area contributed by atoms with Crippen molar-refractivity contribution in [2.75, 3.05) is 0 Å². The van der Waals surface area contributed by atoms with Crippen molar-refractivity contribution in [3.05, 3.63) is 26.6 Å². The molecule has 1 rings (SSSR count). The standard InChI is InChI=1S/C8H8F2INO/c1-4-5(3-13)2-6(11)12-7(4)8(9)10/h2,8,13H,3H2,1H3. The largest absolute Gasteiger partial charge is 0.392 e. The molecule has 0 atom stereocenters. The molecule has 0 bridgehead atoms. The Morgan fingerprint density at radius 2 is 2.23 bits per heavy atom. The van der Waals surface area contributed by atoms with Crippen LogP contribution < -0.4 is 0 Å². The van der Waals surface area contributed by atoms with E-state index in [9.17, 15) is 8.78 Å². The lowest BCUT2D eigenvalue weighted by Gasteiger charge is -2.08. The summed E-state index contributed by atoms with van der Waals surface area (Å²) in [5, 5.41) is 8.87. The van der Waals surface area contributed by atoms with E-state index in [1.807, 2.05) is 22.6 Å². The van der Waals surface area contributed by atoms with Crippen molar-refractivity contribution in [3.8, 4) is 0 Å². The van der Waals surface area contributed by atoms with Crippen molar-refractivity contribution in [3.63, 3.8) is 0 Å². The minimum atomic E-state index is -2.58. The van der Waals surface area contributed by atoms with E-state index in [-0.39, 0.29) is 12.3 Å². The third-order valence-electron chi connectivity index (χ3n) is 1.76. The van der Waals surface area contributed by atoms with Gasteiger partial charge in [-0.25, -0.2) is 13.8 Å². The van der Waals surface area contributed by atoms with Crippen LogP contribution in [0.15, 0.2) is 6.07 Å². The topological polar surface area (TPSA) is 33.1 Å². The predicted molar refractivity (Wildman–Crippen MR) is 52.6 cm³/mol. The van der Waals surface area contributed by atoms with Gasteiger partial charge in [0.05, 0.1) is 6.61 Å². The molecule has 2 nitrogen and oxygen atoms in total. The van der Waals surface area contributed by atoms with Crippen LogP contribution in [0.1, 0.15) is 23.2 Å². The lowest BCUT2D eigenvalue weighted by atomic mass is 10.1. The SMILES string of the molecule is Cc1c(CO)cc(I)nc1C(F)F. The average Bonchev–Trinajstić information content (AvgIpc) is 2.08. The van der Waals surface area contributed by atoms with Gasteiger partial charge in [0.15, 0.2) is 0 Å². The zero-order chi connectivity index (χ0) is 10.0. The molecule has 13 heavy (non-hydrogen) atoms. The van der Waals surface area contributed by atoms with Crippen LogP contribution in [0.4, 0.5) is 8.78 Å². The monoisotopic (exact) mass is 299 g/mol. The number of pyridine rings is 1. The first-order valence-electron chi connectivity index (χ1n) is 3.61. The Kier molecular flexibility index (Phi) is 3.55. The highest BCUT2D eigenvalue weighted by Gasteiger charge is 2.15. The van der Waals surface area contributed by atoms with Crippen molar-refractivity contribution in [2.24, 2.45) is 0 Å². The van der Waals surface area contributed by atoms with E-state index in [2.05, 4.69) is 4.98 Å². The Hall–Kier alpha value is -0.300. The third-order valence-corrected chi connectivity index (χ3v) is 2.32. The average molecular weight is 299 g/mol. The van der Waals surface area contributed by atoms with E-state index in [4.69, 9.17) is 5.11 Å². The van der Waals surface area contributed by atoms with Crippen molar-refractivity contribution in [2.45, 2.75) is 20.0 Å². The molecule has 0 unspecified atom stereocenters. The molecule has 0 radical (unpaired) electrons. The van der Waals surface area contributed by atoms with Crippen LogP contribution in [0.25, 0.3) is 0 Å². The van der Waals surface area contributed by atoms with Gasteiger partial charge in [0, 0.05) is 0 Å². The number of hydrogen-bond donors (Lipinski definition) is 1. The molecule has 1 aromatic rings. The van der Waals surface area contributed by atoms with Crippen LogP contribution in [0.5, 0.6) is 0 Å². The Balaban J connectivity index is 3.27. The van der Waals surface area contributed by atoms with E-state index in [1.165, 1.54) is 6.92 Å². The Morgan fingerprint density at radius 3 is 2.69 bits per heavy atom. The second-order valence-corrected chi connectivity index (χ2v) is 3.68. The van der Waals surface area contributed by atoms with Crippen molar-refractivity contribution in [1.82, 2.24) is 4.98 Å². The fourth-order valence-corrected chi connectivity index (χ4v) is 1.66. The van der Waals surface area contributed by atoms with Crippen molar-refractivity contribution >= 4 is 22.6 Å². The molecule has 1 heterocycles. The second-order valence-electron chi connectivity index (χ2n) is 2.57. The van der Waals surface area contributed by atoms with Gasteiger partial charge in [-0.2, -0.15) is 0 Å². The molecular weight excluding hydrogens is 291 g/mol. The minimum Gasteiger partial charge on any atom is -0.392 e. The molecule has 0 aliphatic carbocycles. The molecule has 0 aliphatic heterocycles. The van der Waals surface area contributed by atoms with Gasteiger partial charge in [-0.1, -0.05) is 0 Å². The molecule has 0 saturated heterocycles. The molecule has 5 heteroatoms. The third kappa shape index (κ3) is 2.34. The number of halogens is 3. The second kappa shape index (κ2) is 4.28. The van der Waals surface area contributed by atoms with Gasteiger partial charge in [-0.05, 0) is 46.7 Å². The molecule has 0 saturated carbocycles. The van der Waals surface area contributed by atoms with Crippen LogP contribution >= 0.6 is 22.6 Å². The fraction of sp³-hybridized carbons (Fsp3) is 0.375. The normalized spacial score (nSPS) is 10.9. The fourth-order valence-electron chi connectivity index (χ4n) is 1.02. The van der Waals surface area contributed by atoms with Gasteiger partial charge in [0.2, 0.25) is 0 Å². The zero-order valence-corrected chi connectivity index (χ0v) is 9.05. The summed E-state index contributed by atoms with van der Waals surface area (Å²) in [6, 6.07) is 1.60. The van der Waals surface area contributed by atoms with Gasteiger partial charge < -0.3 is 5.11 Å². The van der Waals surface area contributed by atoms with E-state index < -0.39 is 6.43 Å². The van der Waals surface area contributed by atoms with Crippen molar-refractivity contribution in [1.29, 1.82) is 0 Å². The van der Waals surface area contributed by atoms with Crippen molar-refractivity contribution < 1.29 is 13.9 Å². The highest BCUT2D eigenvalue weighted by molar-refractivity contribution is 14.1. The van der Waals surface area contributed by atoms with Gasteiger partial charge in [-0.3, -0.25) is 0 Å². The number of hydrogen-bond acceptors (Lipinski definition) is 2. The molecule has 0 amide bonds. The van der Waals surface area contributed by atoms with E-state index in [0.717, 1.165) is 0 Å². The smallest absolute Gasteiger partial charge is 0.280 e. The molecular formula is C8H8F2INO. The number of aromatic nitrogens is 1. The molecule has 0 aromatic carbocycles. The number of nitrogens with zero attached hydrogens (tertiary/aromatic N) is 1. The first-order chi connectivity index (χ1) is 6.06. The van der Waals surface area contributed by atoms with Gasteiger partial charge in [0.25, 0.3) is 6.43 Å². The Morgan fingerprint density at radius 1 is 1.62 bits per heavy atom. The van der Waals surface area contributed by atoms with Gasteiger partial charge in [-0.15, -0.1) is 0 Å². The summed E-state index contributed by atoms with van der Waals surface area (Å²) in [5.41, 5.74) is 0.642. The maximum Gasteiger partial charge on any atom is 0.280 e. The Labute approximate surface area is 88.1 Å². The maximum atomic E-state index is 12.4. The molecule has 72 valence electrons. The summed E-state index contributed by atoms with van der Waals surface area (Å²) in [6.45, 7) is 1.31. The summed E-state index contributed by atoms with van der Waals surface area (Å²) in [6.07, 6.45) is -2.58. The number of rotatable bonds is 2. The van der Waals surface area contributed by atoms with Crippen LogP contribution in [0.3, 0.4) is 0 Å². The van der Waals surface area contributed by atoms with E-state index >= 15 is 0 Å². The number of alkyl halides is 2. The van der Waals surface area contributed by atoms with E-state index in [1.54, 1.807) is 6.07 Å². The molecule has 0 fully saturated rings. The molecule has 0 spiro atoms. The summed E-state index contributed by atoms with van der Waals surface area (Å²) >= 11 is 1.85. The summed E-state index contributed by atoms with van der Waals surface area (Å²) in [7, 11) is 0. The molecule has 1 aromatic heterocycles. The first-order valence-corrected chi connectivity index (χ1v) is 4.69.